The zero-order valence-corrected chi connectivity index (χ0v) is 14.2. The van der Waals surface area contributed by atoms with Crippen molar-refractivity contribution in [2.24, 2.45) is 0 Å². The van der Waals surface area contributed by atoms with E-state index < -0.39 is 0 Å². The topological polar surface area (TPSA) is 29.1 Å². The maximum atomic E-state index is 12.6. The smallest absolute Gasteiger partial charge is 0.252 e. The molecule has 2 aromatic carbocycles. The summed E-state index contributed by atoms with van der Waals surface area (Å²) in [4.78, 5) is 12.6. The van der Waals surface area contributed by atoms with Gasteiger partial charge in [-0.3, -0.25) is 4.79 Å². The molecular formula is C18H20BrNO. The molecule has 21 heavy (non-hydrogen) atoms. The number of amides is 1. The van der Waals surface area contributed by atoms with Crippen LogP contribution in [0.5, 0.6) is 0 Å². The molecule has 0 bridgehead atoms. The van der Waals surface area contributed by atoms with Gasteiger partial charge >= 0.3 is 0 Å². The number of alkyl halides is 1. The van der Waals surface area contributed by atoms with Gasteiger partial charge in [0.15, 0.2) is 0 Å². The lowest BCUT2D eigenvalue weighted by Gasteiger charge is -2.19. The highest BCUT2D eigenvalue weighted by atomic mass is 79.9. The first-order valence-electron chi connectivity index (χ1n) is 7.02. The average molecular weight is 346 g/mol. The maximum absolute atomic E-state index is 12.6. The molecular weight excluding hydrogens is 326 g/mol. The van der Waals surface area contributed by atoms with Gasteiger partial charge in [-0.1, -0.05) is 64.0 Å². The molecule has 2 nitrogen and oxygen atoms in total. The van der Waals surface area contributed by atoms with Gasteiger partial charge in [0.2, 0.25) is 0 Å². The van der Waals surface area contributed by atoms with Crippen LogP contribution in [0.25, 0.3) is 0 Å². The van der Waals surface area contributed by atoms with Crippen LogP contribution in [-0.4, -0.2) is 11.2 Å². The van der Waals surface area contributed by atoms with E-state index >= 15 is 0 Å². The Morgan fingerprint density at radius 1 is 1.10 bits per heavy atom. The molecule has 2 aromatic rings. The first-order chi connectivity index (χ1) is 10.0. The van der Waals surface area contributed by atoms with Crippen molar-refractivity contribution >= 4 is 21.8 Å². The summed E-state index contributed by atoms with van der Waals surface area (Å²) in [6.07, 6.45) is 0. The molecule has 0 saturated heterocycles. The van der Waals surface area contributed by atoms with Gasteiger partial charge in [-0.15, -0.1) is 0 Å². The normalized spacial score (nSPS) is 12.0. The second-order valence-electron chi connectivity index (χ2n) is 5.36. The third kappa shape index (κ3) is 3.73. The molecule has 110 valence electrons. The van der Waals surface area contributed by atoms with Crippen molar-refractivity contribution in [1.82, 2.24) is 5.32 Å². The van der Waals surface area contributed by atoms with Crippen LogP contribution < -0.4 is 5.32 Å². The molecule has 3 heteroatoms. The second kappa shape index (κ2) is 6.90. The molecule has 1 unspecified atom stereocenters. The molecule has 0 aromatic heterocycles. The van der Waals surface area contributed by atoms with Gasteiger partial charge in [0, 0.05) is 10.9 Å². The largest absolute Gasteiger partial charge is 0.344 e. The van der Waals surface area contributed by atoms with E-state index in [1.54, 1.807) is 0 Å². The molecule has 0 heterocycles. The number of halogens is 1. The van der Waals surface area contributed by atoms with Gasteiger partial charge in [-0.2, -0.15) is 0 Å². The number of nitrogens with one attached hydrogen (secondary N) is 1. The minimum absolute atomic E-state index is 0.0155. The van der Waals surface area contributed by atoms with Crippen LogP contribution >= 0.6 is 15.9 Å². The molecule has 0 aliphatic carbocycles. The van der Waals surface area contributed by atoms with Gasteiger partial charge < -0.3 is 5.32 Å². The van der Waals surface area contributed by atoms with Crippen LogP contribution in [-0.2, 0) is 0 Å². The zero-order valence-electron chi connectivity index (χ0n) is 12.6. The van der Waals surface area contributed by atoms with E-state index in [4.69, 9.17) is 0 Å². The van der Waals surface area contributed by atoms with Crippen LogP contribution in [0.3, 0.4) is 0 Å². The highest BCUT2D eigenvalue weighted by Crippen LogP contribution is 2.20. The Morgan fingerprint density at radius 2 is 1.67 bits per heavy atom. The van der Waals surface area contributed by atoms with E-state index in [1.165, 1.54) is 5.56 Å². The average Bonchev–Trinajstić information content (AvgIpc) is 2.44. The Balaban J connectivity index is 2.25. The van der Waals surface area contributed by atoms with Crippen LogP contribution in [0.1, 0.15) is 38.7 Å². The molecule has 1 N–H and O–H groups in total. The van der Waals surface area contributed by atoms with E-state index in [1.807, 2.05) is 63.2 Å². The summed E-state index contributed by atoms with van der Waals surface area (Å²) >= 11 is 3.49. The highest BCUT2D eigenvalue weighted by Gasteiger charge is 2.17. The van der Waals surface area contributed by atoms with Crippen molar-refractivity contribution in [3.05, 3.63) is 70.3 Å². The fourth-order valence-corrected chi connectivity index (χ4v) is 3.20. The third-order valence-electron chi connectivity index (χ3n) is 3.57. The number of carbonyl (C=O) groups is 1. The Morgan fingerprint density at radius 3 is 2.19 bits per heavy atom. The van der Waals surface area contributed by atoms with Gasteiger partial charge in [-0.05, 0) is 37.5 Å². The van der Waals surface area contributed by atoms with Gasteiger partial charge in [0.1, 0.15) is 0 Å². The first-order valence-corrected chi connectivity index (χ1v) is 8.14. The molecule has 0 fully saturated rings. The maximum Gasteiger partial charge on any atom is 0.252 e. The van der Waals surface area contributed by atoms with E-state index in [9.17, 15) is 4.79 Å². The third-order valence-corrected chi connectivity index (χ3v) is 4.21. The van der Waals surface area contributed by atoms with Gasteiger partial charge in [0.25, 0.3) is 5.91 Å². The van der Waals surface area contributed by atoms with Crippen LogP contribution in [0.4, 0.5) is 0 Å². The first kappa shape index (κ1) is 15.8. The van der Waals surface area contributed by atoms with Crippen molar-refractivity contribution in [3.8, 4) is 0 Å². The van der Waals surface area contributed by atoms with E-state index in [2.05, 4.69) is 21.2 Å². The van der Waals surface area contributed by atoms with E-state index in [0.717, 1.165) is 22.3 Å². The van der Waals surface area contributed by atoms with Crippen LogP contribution in [0.15, 0.2) is 42.5 Å². The Labute approximate surface area is 134 Å². The van der Waals surface area contributed by atoms with Crippen LogP contribution in [0.2, 0.25) is 0 Å². The number of carbonyl (C=O) groups excluding carboxylic acids is 1. The molecule has 1 amide bonds. The standard InChI is InChI=1S/C18H20BrNO/c1-12-9-13(2)17(14(3)10-12)18(21)20-16(11-19)15-7-5-4-6-8-15/h4-10,16H,11H2,1-3H3,(H,20,21). The predicted octanol–water partition coefficient (Wildman–Crippen LogP) is 4.48. The van der Waals surface area contributed by atoms with Crippen molar-refractivity contribution in [3.63, 3.8) is 0 Å². The Kier molecular flexibility index (Phi) is 5.18. The molecule has 2 rings (SSSR count). The Bertz CT molecular complexity index is 614. The summed E-state index contributed by atoms with van der Waals surface area (Å²) in [5.74, 6) is -0.0155. The lowest BCUT2D eigenvalue weighted by molar-refractivity contribution is 0.0939. The summed E-state index contributed by atoms with van der Waals surface area (Å²) in [5.41, 5.74) is 5.10. The quantitative estimate of drug-likeness (QED) is 0.813. The van der Waals surface area contributed by atoms with Gasteiger partial charge in [-0.25, -0.2) is 0 Å². The summed E-state index contributed by atoms with van der Waals surface area (Å²) in [6.45, 7) is 6.02. The molecule has 0 saturated carbocycles. The van der Waals surface area contributed by atoms with Crippen molar-refractivity contribution in [1.29, 1.82) is 0 Å². The predicted molar refractivity (Wildman–Crippen MR) is 91.1 cm³/mol. The van der Waals surface area contributed by atoms with Gasteiger partial charge in [0.05, 0.1) is 6.04 Å². The fourth-order valence-electron chi connectivity index (χ4n) is 2.66. The lowest BCUT2D eigenvalue weighted by atomic mass is 9.98. The molecule has 1 atom stereocenters. The summed E-state index contributed by atoms with van der Waals surface area (Å²) in [7, 11) is 0. The minimum atomic E-state index is -0.0289. The number of rotatable bonds is 4. The van der Waals surface area contributed by atoms with Crippen molar-refractivity contribution < 1.29 is 4.79 Å². The molecule has 0 aliphatic heterocycles. The van der Waals surface area contributed by atoms with Crippen LogP contribution in [0, 0.1) is 20.8 Å². The SMILES string of the molecule is Cc1cc(C)c(C(=O)NC(CBr)c2ccccc2)c(C)c1. The molecule has 0 spiro atoms. The molecule has 0 aliphatic rings. The van der Waals surface area contributed by atoms with Crippen molar-refractivity contribution in [2.45, 2.75) is 26.8 Å². The summed E-state index contributed by atoms with van der Waals surface area (Å²) < 4.78 is 0. The lowest BCUT2D eigenvalue weighted by Crippen LogP contribution is -2.30. The monoisotopic (exact) mass is 345 g/mol. The second-order valence-corrected chi connectivity index (χ2v) is 6.01. The number of hydrogen-bond acceptors (Lipinski definition) is 1. The summed E-state index contributed by atoms with van der Waals surface area (Å²) in [5, 5.41) is 3.80. The molecule has 0 radical (unpaired) electrons. The zero-order chi connectivity index (χ0) is 15.4. The number of aryl methyl sites for hydroxylation is 3. The highest BCUT2D eigenvalue weighted by molar-refractivity contribution is 9.09. The number of hydrogen-bond donors (Lipinski definition) is 1. The number of benzene rings is 2. The fraction of sp³-hybridized carbons (Fsp3) is 0.278. The summed E-state index contributed by atoms with van der Waals surface area (Å²) in [6, 6.07) is 14.1. The van der Waals surface area contributed by atoms with E-state index in [0.29, 0.717) is 5.33 Å². The minimum Gasteiger partial charge on any atom is -0.344 e. The van der Waals surface area contributed by atoms with E-state index in [-0.39, 0.29) is 11.9 Å². The van der Waals surface area contributed by atoms with Crippen molar-refractivity contribution in [2.75, 3.05) is 5.33 Å². The Hall–Kier alpha value is -1.61.